The molecule has 5 nitrogen and oxygen atoms in total. The van der Waals surface area contributed by atoms with Crippen molar-refractivity contribution < 1.29 is 9.90 Å². The molecule has 0 aliphatic heterocycles. The highest BCUT2D eigenvalue weighted by Crippen LogP contribution is 2.18. The van der Waals surface area contributed by atoms with Gasteiger partial charge < -0.3 is 5.11 Å². The lowest BCUT2D eigenvalue weighted by Gasteiger charge is -2.02. The predicted molar refractivity (Wildman–Crippen MR) is 58.4 cm³/mol. The Labute approximate surface area is 92.8 Å². The molecule has 0 aliphatic rings. The van der Waals surface area contributed by atoms with Gasteiger partial charge in [0.15, 0.2) is 0 Å². The Bertz CT molecular complexity index is 533. The quantitative estimate of drug-likeness (QED) is 0.851. The molecule has 5 heteroatoms. The fourth-order valence-corrected chi connectivity index (χ4v) is 1.61. The molecule has 2 aromatic heterocycles. The molecule has 0 saturated carbocycles. The number of carboxylic acids is 1. The maximum atomic E-state index is 10.6. The number of imidazole rings is 1. The minimum atomic E-state index is -0.807. The van der Waals surface area contributed by atoms with Gasteiger partial charge in [-0.15, -0.1) is 0 Å². The highest BCUT2D eigenvalue weighted by molar-refractivity contribution is 5.67. The van der Waals surface area contributed by atoms with Gasteiger partial charge in [-0.05, 0) is 6.92 Å². The van der Waals surface area contributed by atoms with Crippen molar-refractivity contribution in [3.05, 3.63) is 30.0 Å². The molecule has 0 radical (unpaired) electrons. The fourth-order valence-electron chi connectivity index (χ4n) is 1.61. The van der Waals surface area contributed by atoms with E-state index in [0.717, 1.165) is 17.0 Å². The van der Waals surface area contributed by atoms with Crippen LogP contribution in [0.3, 0.4) is 0 Å². The lowest BCUT2D eigenvalue weighted by Crippen LogP contribution is -2.02. The predicted octanol–water partition coefficient (Wildman–Crippen LogP) is 1.62. The van der Waals surface area contributed by atoms with Crippen LogP contribution in [0.25, 0.3) is 5.65 Å². The fraction of sp³-hybridized carbons (Fsp3) is 0.364. The maximum absolute atomic E-state index is 10.6. The van der Waals surface area contributed by atoms with Crippen LogP contribution in [0.5, 0.6) is 0 Å². The minimum Gasteiger partial charge on any atom is -0.481 e. The van der Waals surface area contributed by atoms with Crippen molar-refractivity contribution >= 4 is 11.6 Å². The van der Waals surface area contributed by atoms with Gasteiger partial charge in [0, 0.05) is 23.9 Å². The second-order valence-electron chi connectivity index (χ2n) is 3.96. The van der Waals surface area contributed by atoms with Crippen molar-refractivity contribution in [1.29, 1.82) is 0 Å². The number of aromatic nitrogens is 3. The maximum Gasteiger partial charge on any atom is 0.304 e. The molecule has 16 heavy (non-hydrogen) atoms. The zero-order chi connectivity index (χ0) is 11.7. The van der Waals surface area contributed by atoms with Crippen LogP contribution in [0.2, 0.25) is 0 Å². The van der Waals surface area contributed by atoms with Gasteiger partial charge in [-0.25, -0.2) is 9.97 Å². The van der Waals surface area contributed by atoms with Crippen LogP contribution in [0, 0.1) is 6.92 Å². The summed E-state index contributed by atoms with van der Waals surface area (Å²) in [5.41, 5.74) is 2.49. The second kappa shape index (κ2) is 3.92. The van der Waals surface area contributed by atoms with Gasteiger partial charge >= 0.3 is 5.97 Å². The smallest absolute Gasteiger partial charge is 0.304 e. The molecular weight excluding hydrogens is 206 g/mol. The summed E-state index contributed by atoms with van der Waals surface area (Å²) in [7, 11) is 0. The van der Waals surface area contributed by atoms with Gasteiger partial charge in [-0.3, -0.25) is 9.20 Å². The molecule has 1 unspecified atom stereocenters. The van der Waals surface area contributed by atoms with E-state index in [4.69, 9.17) is 5.11 Å². The molecule has 0 aromatic carbocycles. The van der Waals surface area contributed by atoms with Crippen molar-refractivity contribution in [2.75, 3.05) is 0 Å². The Balaban J connectivity index is 2.35. The average molecular weight is 219 g/mol. The molecule has 1 atom stereocenters. The lowest BCUT2D eigenvalue weighted by atomic mass is 10.1. The van der Waals surface area contributed by atoms with Gasteiger partial charge in [0.2, 0.25) is 0 Å². The topological polar surface area (TPSA) is 67.5 Å². The summed E-state index contributed by atoms with van der Waals surface area (Å²) < 4.78 is 1.81. The largest absolute Gasteiger partial charge is 0.481 e. The third-order valence-electron chi connectivity index (χ3n) is 2.49. The summed E-state index contributed by atoms with van der Waals surface area (Å²) >= 11 is 0. The first-order valence-electron chi connectivity index (χ1n) is 5.09. The van der Waals surface area contributed by atoms with E-state index in [9.17, 15) is 4.79 Å². The first-order valence-corrected chi connectivity index (χ1v) is 5.09. The molecule has 2 aromatic rings. The normalized spacial score (nSPS) is 12.9. The van der Waals surface area contributed by atoms with Crippen LogP contribution < -0.4 is 0 Å². The Hall–Kier alpha value is -1.91. The van der Waals surface area contributed by atoms with Crippen molar-refractivity contribution in [1.82, 2.24) is 14.4 Å². The first kappa shape index (κ1) is 10.6. The molecular formula is C11H13N3O2. The molecule has 1 N–H and O–H groups in total. The van der Waals surface area contributed by atoms with Gasteiger partial charge in [0.25, 0.3) is 0 Å². The lowest BCUT2D eigenvalue weighted by molar-refractivity contribution is -0.137. The van der Waals surface area contributed by atoms with Gasteiger partial charge in [-0.1, -0.05) is 6.92 Å². The van der Waals surface area contributed by atoms with E-state index in [1.807, 2.05) is 26.1 Å². The van der Waals surface area contributed by atoms with E-state index in [0.29, 0.717) is 0 Å². The van der Waals surface area contributed by atoms with E-state index in [1.165, 1.54) is 0 Å². The van der Waals surface area contributed by atoms with Crippen molar-refractivity contribution in [2.24, 2.45) is 0 Å². The number of aliphatic carboxylic acids is 1. The minimum absolute atomic E-state index is 0.0855. The zero-order valence-corrected chi connectivity index (χ0v) is 9.21. The number of fused-ring (bicyclic) bond motifs is 1. The molecule has 0 amide bonds. The van der Waals surface area contributed by atoms with Crippen LogP contribution >= 0.6 is 0 Å². The number of aryl methyl sites for hydroxylation is 1. The number of carboxylic acid groups (broad SMARTS) is 1. The molecule has 0 spiro atoms. The molecule has 84 valence electrons. The Morgan fingerprint density at radius 1 is 1.62 bits per heavy atom. The summed E-state index contributed by atoms with van der Waals surface area (Å²) in [6.45, 7) is 3.76. The highest BCUT2D eigenvalue weighted by atomic mass is 16.4. The number of nitrogens with zero attached hydrogens (tertiary/aromatic N) is 3. The molecule has 2 heterocycles. The number of hydrogen-bond donors (Lipinski definition) is 1. The SMILES string of the molecule is Cc1cc2nc(C(C)CC(=O)O)cn2cn1. The molecule has 0 aliphatic carbocycles. The summed E-state index contributed by atoms with van der Waals surface area (Å²) in [6, 6.07) is 1.87. The Morgan fingerprint density at radius 2 is 2.38 bits per heavy atom. The average Bonchev–Trinajstić information content (AvgIpc) is 2.59. The molecule has 0 bridgehead atoms. The van der Waals surface area contributed by atoms with Gasteiger partial charge in [-0.2, -0.15) is 0 Å². The van der Waals surface area contributed by atoms with Crippen molar-refractivity contribution in [3.63, 3.8) is 0 Å². The first-order chi connectivity index (χ1) is 7.56. The van der Waals surface area contributed by atoms with Crippen molar-refractivity contribution in [2.45, 2.75) is 26.2 Å². The summed E-state index contributed by atoms with van der Waals surface area (Å²) in [4.78, 5) is 19.1. The van der Waals surface area contributed by atoms with Gasteiger partial charge in [0.1, 0.15) is 12.0 Å². The molecule has 2 rings (SSSR count). The standard InChI is InChI=1S/C11H13N3O2/c1-7(3-11(15)16)9-5-14-6-12-8(2)4-10(14)13-9/h4-7H,3H2,1-2H3,(H,15,16). The number of hydrogen-bond acceptors (Lipinski definition) is 3. The zero-order valence-electron chi connectivity index (χ0n) is 9.21. The van der Waals surface area contributed by atoms with Crippen LogP contribution in [-0.2, 0) is 4.79 Å². The van der Waals surface area contributed by atoms with E-state index < -0.39 is 5.97 Å². The van der Waals surface area contributed by atoms with Crippen LogP contribution in [0.4, 0.5) is 0 Å². The third kappa shape index (κ3) is 2.03. The van der Waals surface area contributed by atoms with Crippen LogP contribution in [0.1, 0.15) is 30.7 Å². The molecule has 0 fully saturated rings. The Morgan fingerprint density at radius 3 is 3.06 bits per heavy atom. The number of rotatable bonds is 3. The van der Waals surface area contributed by atoms with E-state index in [2.05, 4.69) is 9.97 Å². The summed E-state index contributed by atoms with van der Waals surface area (Å²) in [6.07, 6.45) is 3.61. The second-order valence-corrected chi connectivity index (χ2v) is 3.96. The Kier molecular flexibility index (Phi) is 2.60. The summed E-state index contributed by atoms with van der Waals surface area (Å²) in [5.74, 6) is -0.892. The number of carbonyl (C=O) groups is 1. The van der Waals surface area contributed by atoms with E-state index in [-0.39, 0.29) is 12.3 Å². The molecule has 0 saturated heterocycles. The van der Waals surface area contributed by atoms with E-state index >= 15 is 0 Å². The third-order valence-corrected chi connectivity index (χ3v) is 2.49. The highest BCUT2D eigenvalue weighted by Gasteiger charge is 2.13. The van der Waals surface area contributed by atoms with Crippen molar-refractivity contribution in [3.8, 4) is 0 Å². The van der Waals surface area contributed by atoms with E-state index in [1.54, 1.807) is 10.7 Å². The monoisotopic (exact) mass is 219 g/mol. The van der Waals surface area contributed by atoms with Crippen LogP contribution in [-0.4, -0.2) is 25.4 Å². The van der Waals surface area contributed by atoms with Gasteiger partial charge in [0.05, 0.1) is 12.1 Å². The summed E-state index contributed by atoms with van der Waals surface area (Å²) in [5, 5.41) is 8.72. The van der Waals surface area contributed by atoms with Crippen LogP contribution in [0.15, 0.2) is 18.6 Å².